The van der Waals surface area contributed by atoms with E-state index in [1.807, 2.05) is 20.8 Å². The summed E-state index contributed by atoms with van der Waals surface area (Å²) >= 11 is 0. The molecule has 0 heterocycles. The number of hydrogen-bond acceptors (Lipinski definition) is 3. The lowest BCUT2D eigenvalue weighted by atomic mass is 9.99. The molecule has 6 heteroatoms. The third-order valence-electron chi connectivity index (χ3n) is 3.34. The van der Waals surface area contributed by atoms with Gasteiger partial charge in [-0.05, 0) is 36.5 Å². The topological polar surface area (TPSA) is 72.2 Å². The highest BCUT2D eigenvalue weighted by Crippen LogP contribution is 2.21. The molecule has 1 aromatic carbocycles. The third kappa shape index (κ3) is 3.91. The van der Waals surface area contributed by atoms with E-state index >= 15 is 0 Å². The molecule has 0 saturated heterocycles. The predicted molar refractivity (Wildman–Crippen MR) is 74.7 cm³/mol. The van der Waals surface area contributed by atoms with Crippen LogP contribution in [0, 0.1) is 24.6 Å². The maximum Gasteiger partial charge on any atom is 0.243 e. The van der Waals surface area contributed by atoms with Crippen molar-refractivity contribution in [3.8, 4) is 0 Å². The normalized spacial score (nSPS) is 13.8. The van der Waals surface area contributed by atoms with Crippen molar-refractivity contribution in [3.63, 3.8) is 0 Å². The number of hydrogen-bond donors (Lipinski definition) is 2. The second-order valence-corrected chi connectivity index (χ2v) is 6.95. The lowest BCUT2D eigenvalue weighted by Gasteiger charge is -2.16. The van der Waals surface area contributed by atoms with E-state index in [1.54, 1.807) is 6.92 Å². The van der Waals surface area contributed by atoms with Crippen LogP contribution in [-0.2, 0) is 10.0 Å². The van der Waals surface area contributed by atoms with Crippen molar-refractivity contribution < 1.29 is 12.8 Å². The number of aryl methyl sites for hydroxylation is 1. The highest BCUT2D eigenvalue weighted by molar-refractivity contribution is 7.89. The molecule has 1 aromatic rings. The summed E-state index contributed by atoms with van der Waals surface area (Å²) in [5, 5.41) is 0. The summed E-state index contributed by atoms with van der Waals surface area (Å²) in [5.41, 5.74) is 6.41. The largest absolute Gasteiger partial charge is 0.398 e. The molecule has 1 atom stereocenters. The molecule has 0 saturated carbocycles. The van der Waals surface area contributed by atoms with Crippen molar-refractivity contribution in [1.29, 1.82) is 0 Å². The zero-order valence-corrected chi connectivity index (χ0v) is 12.5. The molecular weight excluding hydrogens is 267 g/mol. The van der Waals surface area contributed by atoms with E-state index in [2.05, 4.69) is 4.72 Å². The minimum absolute atomic E-state index is 0.167. The zero-order chi connectivity index (χ0) is 14.8. The summed E-state index contributed by atoms with van der Waals surface area (Å²) < 4.78 is 40.2. The second-order valence-electron chi connectivity index (χ2n) is 5.21. The smallest absolute Gasteiger partial charge is 0.243 e. The Morgan fingerprint density at radius 1 is 1.32 bits per heavy atom. The fraction of sp³-hybridized carbons (Fsp3) is 0.538. The number of anilines is 1. The predicted octanol–water partition coefficient (Wildman–Crippen LogP) is 2.29. The van der Waals surface area contributed by atoms with Gasteiger partial charge >= 0.3 is 0 Å². The van der Waals surface area contributed by atoms with Crippen LogP contribution in [0.1, 0.15) is 26.3 Å². The lowest BCUT2D eigenvalue weighted by Crippen LogP contribution is -2.31. The van der Waals surface area contributed by atoms with Gasteiger partial charge in [0.1, 0.15) is 10.7 Å². The number of sulfonamides is 1. The molecule has 4 nitrogen and oxygen atoms in total. The number of benzene rings is 1. The Morgan fingerprint density at radius 3 is 2.42 bits per heavy atom. The molecule has 0 aliphatic heterocycles. The lowest BCUT2D eigenvalue weighted by molar-refractivity contribution is 0.414. The summed E-state index contributed by atoms with van der Waals surface area (Å²) in [5.74, 6) is -0.271. The highest BCUT2D eigenvalue weighted by Gasteiger charge is 2.21. The molecule has 0 aliphatic carbocycles. The molecule has 0 aliphatic rings. The van der Waals surface area contributed by atoms with E-state index in [-0.39, 0.29) is 18.2 Å². The first-order valence-corrected chi connectivity index (χ1v) is 7.68. The highest BCUT2D eigenvalue weighted by atomic mass is 32.2. The van der Waals surface area contributed by atoms with Crippen LogP contribution in [0.5, 0.6) is 0 Å². The van der Waals surface area contributed by atoms with Gasteiger partial charge in [-0.2, -0.15) is 0 Å². The Balaban J connectivity index is 2.98. The van der Waals surface area contributed by atoms with Crippen molar-refractivity contribution in [2.45, 2.75) is 32.6 Å². The zero-order valence-electron chi connectivity index (χ0n) is 11.7. The van der Waals surface area contributed by atoms with Crippen LogP contribution in [0.2, 0.25) is 0 Å². The summed E-state index contributed by atoms with van der Waals surface area (Å²) in [7, 11) is -3.86. The molecule has 3 N–H and O–H groups in total. The fourth-order valence-corrected chi connectivity index (χ4v) is 2.66. The number of nitrogens with one attached hydrogen (secondary N) is 1. The van der Waals surface area contributed by atoms with Crippen LogP contribution in [0.3, 0.4) is 0 Å². The van der Waals surface area contributed by atoms with Crippen LogP contribution in [0.4, 0.5) is 10.1 Å². The van der Waals surface area contributed by atoms with Crippen LogP contribution in [-0.4, -0.2) is 15.0 Å². The molecule has 1 rings (SSSR count). The van der Waals surface area contributed by atoms with Gasteiger partial charge in [0.2, 0.25) is 10.0 Å². The summed E-state index contributed by atoms with van der Waals surface area (Å²) in [4.78, 5) is -0.397. The van der Waals surface area contributed by atoms with Gasteiger partial charge in [0, 0.05) is 12.2 Å². The van der Waals surface area contributed by atoms with E-state index in [1.165, 1.54) is 0 Å². The van der Waals surface area contributed by atoms with Gasteiger partial charge in [-0.25, -0.2) is 17.5 Å². The second kappa shape index (κ2) is 5.88. The maximum atomic E-state index is 13.7. The van der Waals surface area contributed by atoms with Gasteiger partial charge < -0.3 is 5.73 Å². The Hall–Kier alpha value is -1.14. The Bertz CT molecular complexity index is 556. The third-order valence-corrected chi connectivity index (χ3v) is 4.78. The van der Waals surface area contributed by atoms with Gasteiger partial charge in [0.05, 0.1) is 0 Å². The minimum atomic E-state index is -3.86. The summed E-state index contributed by atoms with van der Waals surface area (Å²) in [6.45, 7) is 7.84. The average Bonchev–Trinajstić information content (AvgIpc) is 2.30. The molecule has 1 unspecified atom stereocenters. The SMILES string of the molecule is Cc1cc(F)c(S(=O)(=O)NCC(C)C(C)C)cc1N. The first-order chi connectivity index (χ1) is 8.65. The average molecular weight is 288 g/mol. The summed E-state index contributed by atoms with van der Waals surface area (Å²) in [6, 6.07) is 2.29. The van der Waals surface area contributed by atoms with Gasteiger partial charge in [0.25, 0.3) is 0 Å². The van der Waals surface area contributed by atoms with Crippen LogP contribution in [0.25, 0.3) is 0 Å². The summed E-state index contributed by atoms with van der Waals surface area (Å²) in [6.07, 6.45) is 0. The Kier molecular flexibility index (Phi) is 4.92. The maximum absolute atomic E-state index is 13.7. The number of halogens is 1. The minimum Gasteiger partial charge on any atom is -0.398 e. The van der Waals surface area contributed by atoms with E-state index < -0.39 is 20.7 Å². The van der Waals surface area contributed by atoms with Crippen molar-refractivity contribution in [2.24, 2.45) is 11.8 Å². The van der Waals surface area contributed by atoms with Crippen molar-refractivity contribution in [1.82, 2.24) is 4.72 Å². The van der Waals surface area contributed by atoms with Gasteiger partial charge in [-0.15, -0.1) is 0 Å². The molecule has 0 radical (unpaired) electrons. The monoisotopic (exact) mass is 288 g/mol. The first-order valence-electron chi connectivity index (χ1n) is 6.20. The standard InChI is InChI=1S/C13H21FN2O2S/c1-8(2)10(4)7-16-19(17,18)13-6-12(15)9(3)5-11(13)14/h5-6,8,10,16H,7,15H2,1-4H3. The Labute approximate surface area is 114 Å². The fourth-order valence-electron chi connectivity index (χ4n) is 1.43. The van der Waals surface area contributed by atoms with Gasteiger partial charge in [-0.3, -0.25) is 0 Å². The van der Waals surface area contributed by atoms with Crippen molar-refractivity contribution in [2.75, 3.05) is 12.3 Å². The molecule has 108 valence electrons. The van der Waals surface area contributed by atoms with E-state index in [0.29, 0.717) is 11.5 Å². The molecule has 0 aromatic heterocycles. The van der Waals surface area contributed by atoms with Crippen molar-refractivity contribution >= 4 is 15.7 Å². The van der Waals surface area contributed by atoms with Crippen molar-refractivity contribution in [3.05, 3.63) is 23.5 Å². The van der Waals surface area contributed by atoms with E-state index in [4.69, 9.17) is 5.73 Å². The van der Waals surface area contributed by atoms with Gasteiger partial charge in [0.15, 0.2) is 0 Å². The molecule has 0 fully saturated rings. The molecule has 19 heavy (non-hydrogen) atoms. The molecule has 0 bridgehead atoms. The van der Waals surface area contributed by atoms with Crippen LogP contribution >= 0.6 is 0 Å². The Morgan fingerprint density at radius 2 is 1.89 bits per heavy atom. The molecule has 0 spiro atoms. The van der Waals surface area contributed by atoms with E-state index in [9.17, 15) is 12.8 Å². The molecule has 0 amide bonds. The number of nitrogen functional groups attached to an aromatic ring is 1. The van der Waals surface area contributed by atoms with Crippen LogP contribution < -0.4 is 10.5 Å². The number of nitrogens with two attached hydrogens (primary N) is 1. The van der Waals surface area contributed by atoms with Crippen LogP contribution in [0.15, 0.2) is 17.0 Å². The van der Waals surface area contributed by atoms with Gasteiger partial charge in [-0.1, -0.05) is 20.8 Å². The molecular formula is C13H21FN2O2S. The van der Waals surface area contributed by atoms with E-state index in [0.717, 1.165) is 12.1 Å². The number of rotatable bonds is 5. The first kappa shape index (κ1) is 15.9. The quantitative estimate of drug-likeness (QED) is 0.817.